The van der Waals surface area contributed by atoms with Gasteiger partial charge in [0.2, 0.25) is 0 Å². The van der Waals surface area contributed by atoms with Crippen molar-refractivity contribution in [3.8, 4) is 11.8 Å². The molecule has 0 saturated carbocycles. The predicted octanol–water partition coefficient (Wildman–Crippen LogP) is 2.59. The molecule has 0 bridgehead atoms. The van der Waals surface area contributed by atoms with E-state index in [-0.39, 0.29) is 0 Å². The Kier molecular flexibility index (Phi) is 2.81. The van der Waals surface area contributed by atoms with E-state index in [1.807, 2.05) is 39.0 Å². The highest BCUT2D eigenvalue weighted by Crippen LogP contribution is 2.20. The summed E-state index contributed by atoms with van der Waals surface area (Å²) in [7, 11) is 0. The zero-order valence-electron chi connectivity index (χ0n) is 9.56. The summed E-state index contributed by atoms with van der Waals surface area (Å²) in [6.45, 7) is 5.72. The standard InChI is InChI=1S/C12H13N3O/c1-8-7-9(2)15-12(14-8)16-11-5-4-6-13-10(11)3/h4-7H,1-3H3. The Hall–Kier alpha value is -1.97. The molecule has 0 aromatic carbocycles. The van der Waals surface area contributed by atoms with Crippen molar-refractivity contribution in [1.82, 2.24) is 15.0 Å². The minimum Gasteiger partial charge on any atom is -0.422 e. The molecule has 0 radical (unpaired) electrons. The Morgan fingerprint density at radius 2 is 1.75 bits per heavy atom. The molecule has 0 saturated heterocycles. The van der Waals surface area contributed by atoms with Crippen molar-refractivity contribution in [3.63, 3.8) is 0 Å². The lowest BCUT2D eigenvalue weighted by atomic mass is 10.3. The van der Waals surface area contributed by atoms with Crippen molar-refractivity contribution >= 4 is 0 Å². The summed E-state index contributed by atoms with van der Waals surface area (Å²) >= 11 is 0. The van der Waals surface area contributed by atoms with Crippen LogP contribution in [0.1, 0.15) is 17.1 Å². The molecular weight excluding hydrogens is 202 g/mol. The molecule has 0 spiro atoms. The first-order valence-electron chi connectivity index (χ1n) is 5.07. The predicted molar refractivity (Wildman–Crippen MR) is 60.6 cm³/mol. The van der Waals surface area contributed by atoms with Crippen LogP contribution in [0.2, 0.25) is 0 Å². The van der Waals surface area contributed by atoms with Crippen LogP contribution >= 0.6 is 0 Å². The van der Waals surface area contributed by atoms with E-state index in [1.165, 1.54) is 0 Å². The largest absolute Gasteiger partial charge is 0.422 e. The van der Waals surface area contributed by atoms with Gasteiger partial charge in [-0.2, -0.15) is 0 Å². The smallest absolute Gasteiger partial charge is 0.322 e. The van der Waals surface area contributed by atoms with Crippen molar-refractivity contribution in [1.29, 1.82) is 0 Å². The first kappa shape index (κ1) is 10.5. The molecule has 82 valence electrons. The van der Waals surface area contributed by atoms with Gasteiger partial charge in [0.25, 0.3) is 0 Å². The lowest BCUT2D eigenvalue weighted by molar-refractivity contribution is 0.433. The minimum atomic E-state index is 0.369. The summed E-state index contributed by atoms with van der Waals surface area (Å²) in [5.41, 5.74) is 2.61. The third-order valence-electron chi connectivity index (χ3n) is 2.12. The highest BCUT2D eigenvalue weighted by atomic mass is 16.5. The van der Waals surface area contributed by atoms with Gasteiger partial charge >= 0.3 is 6.01 Å². The average Bonchev–Trinajstić information content (AvgIpc) is 2.20. The molecule has 2 heterocycles. The molecule has 2 aromatic rings. The quantitative estimate of drug-likeness (QED) is 0.772. The summed E-state index contributed by atoms with van der Waals surface area (Å²) in [5.74, 6) is 0.688. The van der Waals surface area contributed by atoms with Crippen LogP contribution in [0.4, 0.5) is 0 Å². The Morgan fingerprint density at radius 1 is 1.06 bits per heavy atom. The van der Waals surface area contributed by atoms with Gasteiger partial charge in [-0.3, -0.25) is 4.98 Å². The maximum absolute atomic E-state index is 5.59. The molecule has 0 aliphatic rings. The van der Waals surface area contributed by atoms with Gasteiger partial charge in [0.15, 0.2) is 5.75 Å². The van der Waals surface area contributed by atoms with Crippen LogP contribution < -0.4 is 4.74 Å². The van der Waals surface area contributed by atoms with E-state index in [0.717, 1.165) is 17.1 Å². The van der Waals surface area contributed by atoms with E-state index in [9.17, 15) is 0 Å². The minimum absolute atomic E-state index is 0.369. The summed E-state index contributed by atoms with van der Waals surface area (Å²) in [6.07, 6.45) is 1.73. The third-order valence-corrected chi connectivity index (χ3v) is 2.12. The van der Waals surface area contributed by atoms with E-state index < -0.39 is 0 Å². The monoisotopic (exact) mass is 215 g/mol. The number of pyridine rings is 1. The lowest BCUT2D eigenvalue weighted by Crippen LogP contribution is -1.97. The fraction of sp³-hybridized carbons (Fsp3) is 0.250. The second kappa shape index (κ2) is 4.26. The zero-order valence-corrected chi connectivity index (χ0v) is 9.56. The van der Waals surface area contributed by atoms with Gasteiger partial charge in [-0.25, -0.2) is 9.97 Å². The van der Waals surface area contributed by atoms with Crippen LogP contribution in [0.15, 0.2) is 24.4 Å². The van der Waals surface area contributed by atoms with E-state index in [4.69, 9.17) is 4.74 Å². The van der Waals surface area contributed by atoms with Crippen molar-refractivity contribution < 1.29 is 4.74 Å². The topological polar surface area (TPSA) is 47.9 Å². The molecule has 0 fully saturated rings. The zero-order chi connectivity index (χ0) is 11.5. The van der Waals surface area contributed by atoms with Crippen LogP contribution in [-0.4, -0.2) is 15.0 Å². The molecule has 0 aliphatic heterocycles. The fourth-order valence-electron chi connectivity index (χ4n) is 1.41. The third kappa shape index (κ3) is 2.34. The number of ether oxygens (including phenoxy) is 1. The Bertz CT molecular complexity index is 491. The Balaban J connectivity index is 2.30. The van der Waals surface area contributed by atoms with Crippen molar-refractivity contribution in [3.05, 3.63) is 41.5 Å². The van der Waals surface area contributed by atoms with E-state index in [1.54, 1.807) is 6.20 Å². The number of nitrogens with zero attached hydrogens (tertiary/aromatic N) is 3. The molecule has 0 unspecified atom stereocenters. The second-order valence-corrected chi connectivity index (χ2v) is 3.62. The van der Waals surface area contributed by atoms with Crippen LogP contribution in [0.3, 0.4) is 0 Å². The molecule has 16 heavy (non-hydrogen) atoms. The molecule has 0 atom stereocenters. The van der Waals surface area contributed by atoms with Crippen molar-refractivity contribution in [2.75, 3.05) is 0 Å². The molecule has 2 rings (SSSR count). The van der Waals surface area contributed by atoms with E-state index in [0.29, 0.717) is 11.8 Å². The summed E-state index contributed by atoms with van der Waals surface area (Å²) in [4.78, 5) is 12.6. The maximum Gasteiger partial charge on any atom is 0.322 e. The second-order valence-electron chi connectivity index (χ2n) is 3.62. The molecule has 4 heteroatoms. The summed E-state index contributed by atoms with van der Waals surface area (Å²) in [5, 5.41) is 0. The Morgan fingerprint density at radius 3 is 2.38 bits per heavy atom. The maximum atomic E-state index is 5.59. The normalized spacial score (nSPS) is 10.2. The molecule has 0 amide bonds. The molecule has 2 aromatic heterocycles. The molecular formula is C12H13N3O. The lowest BCUT2D eigenvalue weighted by Gasteiger charge is -2.06. The number of hydrogen-bond acceptors (Lipinski definition) is 4. The van der Waals surface area contributed by atoms with Crippen LogP contribution in [0, 0.1) is 20.8 Å². The summed E-state index contributed by atoms with van der Waals surface area (Å²) in [6, 6.07) is 5.95. The van der Waals surface area contributed by atoms with Crippen molar-refractivity contribution in [2.45, 2.75) is 20.8 Å². The van der Waals surface area contributed by atoms with E-state index >= 15 is 0 Å². The van der Waals surface area contributed by atoms with Gasteiger partial charge in [0, 0.05) is 17.6 Å². The molecule has 0 aliphatic carbocycles. The highest BCUT2D eigenvalue weighted by Gasteiger charge is 2.04. The number of aromatic nitrogens is 3. The average molecular weight is 215 g/mol. The van der Waals surface area contributed by atoms with Gasteiger partial charge in [0.05, 0.1) is 5.69 Å². The van der Waals surface area contributed by atoms with Crippen LogP contribution in [0.5, 0.6) is 11.8 Å². The van der Waals surface area contributed by atoms with Crippen molar-refractivity contribution in [2.24, 2.45) is 0 Å². The van der Waals surface area contributed by atoms with Gasteiger partial charge in [-0.15, -0.1) is 0 Å². The van der Waals surface area contributed by atoms with Gasteiger partial charge < -0.3 is 4.74 Å². The van der Waals surface area contributed by atoms with Crippen LogP contribution in [0.25, 0.3) is 0 Å². The van der Waals surface area contributed by atoms with Gasteiger partial charge in [-0.05, 0) is 39.0 Å². The Labute approximate surface area is 94.4 Å². The first-order chi connectivity index (χ1) is 7.65. The number of rotatable bonds is 2. The highest BCUT2D eigenvalue weighted by molar-refractivity contribution is 5.28. The molecule has 0 N–H and O–H groups in total. The number of hydrogen-bond donors (Lipinski definition) is 0. The van der Waals surface area contributed by atoms with E-state index in [2.05, 4.69) is 15.0 Å². The fourth-order valence-corrected chi connectivity index (χ4v) is 1.41. The number of aryl methyl sites for hydroxylation is 3. The first-order valence-corrected chi connectivity index (χ1v) is 5.07. The van der Waals surface area contributed by atoms with Gasteiger partial charge in [-0.1, -0.05) is 0 Å². The van der Waals surface area contributed by atoms with Crippen LogP contribution in [-0.2, 0) is 0 Å². The molecule has 4 nitrogen and oxygen atoms in total. The van der Waals surface area contributed by atoms with Gasteiger partial charge in [0.1, 0.15) is 0 Å². The SMILES string of the molecule is Cc1cc(C)nc(Oc2cccnc2C)n1. The summed E-state index contributed by atoms with van der Waals surface area (Å²) < 4.78 is 5.59.